The molecule has 24 heavy (non-hydrogen) atoms. The molecule has 0 radical (unpaired) electrons. The number of carbonyl (C=O) groups excluding carboxylic acids is 1. The summed E-state index contributed by atoms with van der Waals surface area (Å²) in [6.45, 7) is 2.24. The van der Waals surface area contributed by atoms with Gasteiger partial charge in [0.1, 0.15) is 0 Å². The lowest BCUT2D eigenvalue weighted by Crippen LogP contribution is -2.39. The van der Waals surface area contributed by atoms with Gasteiger partial charge in [-0.1, -0.05) is 29.8 Å². The normalized spacial score (nSPS) is 17.2. The molecule has 128 valence electrons. The SMILES string of the molecule is Cn1cc(C[C@@H]2CCN(C(=O)NCCc3ccccc3Cl)C2)cn1. The Bertz CT molecular complexity index is 700. The third-order valence-electron chi connectivity index (χ3n) is 4.48. The summed E-state index contributed by atoms with van der Waals surface area (Å²) in [6.07, 6.45) is 6.74. The Morgan fingerprint density at radius 3 is 3.00 bits per heavy atom. The van der Waals surface area contributed by atoms with Gasteiger partial charge in [0.05, 0.1) is 6.20 Å². The molecule has 1 fully saturated rings. The molecule has 3 rings (SSSR count). The number of benzene rings is 1. The molecule has 1 aromatic carbocycles. The predicted molar refractivity (Wildman–Crippen MR) is 95.1 cm³/mol. The smallest absolute Gasteiger partial charge is 0.317 e. The molecule has 0 bridgehead atoms. The molecule has 0 unspecified atom stereocenters. The van der Waals surface area contributed by atoms with E-state index in [9.17, 15) is 4.79 Å². The molecule has 1 saturated heterocycles. The fourth-order valence-corrected chi connectivity index (χ4v) is 3.44. The van der Waals surface area contributed by atoms with E-state index >= 15 is 0 Å². The summed E-state index contributed by atoms with van der Waals surface area (Å²) in [6, 6.07) is 7.77. The van der Waals surface area contributed by atoms with Gasteiger partial charge in [-0.05, 0) is 42.4 Å². The summed E-state index contributed by atoms with van der Waals surface area (Å²) in [4.78, 5) is 14.2. The number of amides is 2. The predicted octanol–water partition coefficient (Wildman–Crippen LogP) is 2.89. The first-order valence-corrected chi connectivity index (χ1v) is 8.73. The second-order valence-corrected chi connectivity index (χ2v) is 6.81. The minimum absolute atomic E-state index is 0.0238. The lowest BCUT2D eigenvalue weighted by molar-refractivity contribution is 0.207. The zero-order valence-electron chi connectivity index (χ0n) is 13.9. The van der Waals surface area contributed by atoms with Gasteiger partial charge in [-0.3, -0.25) is 4.68 Å². The Balaban J connectivity index is 1.42. The molecule has 2 amide bonds. The Kier molecular flexibility index (Phi) is 5.41. The number of hydrogen-bond acceptors (Lipinski definition) is 2. The number of nitrogens with one attached hydrogen (secondary N) is 1. The van der Waals surface area contributed by atoms with E-state index in [1.807, 2.05) is 53.3 Å². The lowest BCUT2D eigenvalue weighted by Gasteiger charge is -2.17. The molecule has 2 aromatic rings. The van der Waals surface area contributed by atoms with E-state index in [0.29, 0.717) is 12.5 Å². The number of hydrogen-bond donors (Lipinski definition) is 1. The fraction of sp³-hybridized carbons (Fsp3) is 0.444. The Morgan fingerprint density at radius 1 is 1.42 bits per heavy atom. The highest BCUT2D eigenvalue weighted by Gasteiger charge is 2.26. The lowest BCUT2D eigenvalue weighted by atomic mass is 10.0. The van der Waals surface area contributed by atoms with Crippen LogP contribution in [0.1, 0.15) is 17.5 Å². The first-order chi connectivity index (χ1) is 11.6. The van der Waals surface area contributed by atoms with Crippen molar-refractivity contribution in [2.75, 3.05) is 19.6 Å². The van der Waals surface area contributed by atoms with Crippen LogP contribution in [0.5, 0.6) is 0 Å². The Hall–Kier alpha value is -2.01. The third-order valence-corrected chi connectivity index (χ3v) is 4.85. The Labute approximate surface area is 147 Å². The van der Waals surface area contributed by atoms with Gasteiger partial charge in [-0.2, -0.15) is 5.10 Å². The monoisotopic (exact) mass is 346 g/mol. The highest BCUT2D eigenvalue weighted by molar-refractivity contribution is 6.31. The molecule has 0 saturated carbocycles. The van der Waals surface area contributed by atoms with Crippen molar-refractivity contribution in [1.29, 1.82) is 0 Å². The van der Waals surface area contributed by atoms with Gasteiger partial charge in [-0.15, -0.1) is 0 Å². The van der Waals surface area contributed by atoms with Crippen LogP contribution in [0.15, 0.2) is 36.7 Å². The minimum atomic E-state index is 0.0238. The van der Waals surface area contributed by atoms with Gasteiger partial charge in [-0.25, -0.2) is 4.79 Å². The van der Waals surface area contributed by atoms with E-state index < -0.39 is 0 Å². The van der Waals surface area contributed by atoms with Crippen molar-refractivity contribution in [3.63, 3.8) is 0 Å². The zero-order valence-corrected chi connectivity index (χ0v) is 14.7. The molecule has 1 N–H and O–H groups in total. The summed E-state index contributed by atoms with van der Waals surface area (Å²) in [7, 11) is 1.93. The molecule has 1 aliphatic rings. The van der Waals surface area contributed by atoms with Gasteiger partial charge >= 0.3 is 6.03 Å². The summed E-state index contributed by atoms with van der Waals surface area (Å²) in [5.74, 6) is 0.517. The first-order valence-electron chi connectivity index (χ1n) is 8.35. The highest BCUT2D eigenvalue weighted by Crippen LogP contribution is 2.20. The van der Waals surface area contributed by atoms with Crippen LogP contribution in [0.4, 0.5) is 4.79 Å². The van der Waals surface area contributed by atoms with Crippen molar-refractivity contribution < 1.29 is 4.79 Å². The van der Waals surface area contributed by atoms with Crippen LogP contribution in [0.25, 0.3) is 0 Å². The maximum absolute atomic E-state index is 12.3. The van der Waals surface area contributed by atoms with Crippen LogP contribution >= 0.6 is 11.6 Å². The van der Waals surface area contributed by atoms with Crippen molar-refractivity contribution in [1.82, 2.24) is 20.0 Å². The van der Waals surface area contributed by atoms with Gasteiger partial charge in [0.15, 0.2) is 0 Å². The molecule has 6 heteroatoms. The van der Waals surface area contributed by atoms with Crippen molar-refractivity contribution in [2.45, 2.75) is 19.3 Å². The van der Waals surface area contributed by atoms with Gasteiger partial charge < -0.3 is 10.2 Å². The van der Waals surface area contributed by atoms with Crippen molar-refractivity contribution in [3.05, 3.63) is 52.8 Å². The molecule has 0 aliphatic carbocycles. The Morgan fingerprint density at radius 2 is 2.25 bits per heavy atom. The summed E-state index contributed by atoms with van der Waals surface area (Å²) >= 11 is 6.13. The second-order valence-electron chi connectivity index (χ2n) is 6.40. The van der Waals surface area contributed by atoms with Crippen LogP contribution in [-0.4, -0.2) is 40.3 Å². The summed E-state index contributed by atoms with van der Waals surface area (Å²) in [5, 5.41) is 7.96. The number of nitrogens with zero attached hydrogens (tertiary/aromatic N) is 3. The molecular weight excluding hydrogens is 324 g/mol. The van der Waals surface area contributed by atoms with Gasteiger partial charge in [0, 0.05) is 37.9 Å². The molecule has 2 heterocycles. The largest absolute Gasteiger partial charge is 0.338 e. The number of halogens is 1. The first kappa shape index (κ1) is 16.8. The number of rotatable bonds is 5. The van der Waals surface area contributed by atoms with E-state index in [4.69, 9.17) is 11.6 Å². The fourth-order valence-electron chi connectivity index (χ4n) is 3.21. The van der Waals surface area contributed by atoms with Crippen molar-refractivity contribution in [3.8, 4) is 0 Å². The average molecular weight is 347 g/mol. The molecule has 1 atom stereocenters. The molecule has 0 spiro atoms. The summed E-state index contributed by atoms with van der Waals surface area (Å²) in [5.41, 5.74) is 2.30. The van der Waals surface area contributed by atoms with Crippen LogP contribution in [0, 0.1) is 5.92 Å². The topological polar surface area (TPSA) is 50.2 Å². The number of carbonyl (C=O) groups is 1. The van der Waals surface area contributed by atoms with Crippen molar-refractivity contribution in [2.24, 2.45) is 13.0 Å². The number of aromatic nitrogens is 2. The number of aryl methyl sites for hydroxylation is 1. The maximum Gasteiger partial charge on any atom is 0.317 e. The number of likely N-dealkylation sites (tertiary alicyclic amines) is 1. The van der Waals surface area contributed by atoms with Crippen molar-refractivity contribution >= 4 is 17.6 Å². The second kappa shape index (κ2) is 7.71. The van der Waals surface area contributed by atoms with Gasteiger partial charge in [0.2, 0.25) is 0 Å². The zero-order chi connectivity index (χ0) is 16.9. The molecule has 1 aliphatic heterocycles. The molecule has 1 aromatic heterocycles. The summed E-state index contributed by atoms with van der Waals surface area (Å²) < 4.78 is 1.82. The van der Waals surface area contributed by atoms with Crippen LogP contribution in [0.3, 0.4) is 0 Å². The average Bonchev–Trinajstić information content (AvgIpc) is 3.19. The van der Waals surface area contributed by atoms with Crippen LogP contribution in [-0.2, 0) is 19.9 Å². The van der Waals surface area contributed by atoms with Gasteiger partial charge in [0.25, 0.3) is 0 Å². The third kappa shape index (κ3) is 4.29. The molecule has 5 nitrogen and oxygen atoms in total. The van der Waals surface area contributed by atoms with Crippen LogP contribution in [0.2, 0.25) is 5.02 Å². The van der Waals surface area contributed by atoms with E-state index in [-0.39, 0.29) is 6.03 Å². The standard InChI is InChI=1S/C18H23ClN4O/c1-22-12-15(11-21-22)10-14-7-9-23(13-14)18(24)20-8-6-16-4-2-3-5-17(16)19/h2-5,11-12,14H,6-10,13H2,1H3,(H,20,24)/t14-/m0/s1. The van der Waals surface area contributed by atoms with Crippen LogP contribution < -0.4 is 5.32 Å². The quantitative estimate of drug-likeness (QED) is 0.905. The highest BCUT2D eigenvalue weighted by atomic mass is 35.5. The maximum atomic E-state index is 12.3. The van der Waals surface area contributed by atoms with E-state index in [1.165, 1.54) is 5.56 Å². The molecular formula is C18H23ClN4O. The van der Waals surface area contributed by atoms with E-state index in [2.05, 4.69) is 10.4 Å². The van der Waals surface area contributed by atoms with E-state index in [1.54, 1.807) is 0 Å². The number of urea groups is 1. The minimum Gasteiger partial charge on any atom is -0.338 e. The van der Waals surface area contributed by atoms with E-state index in [0.717, 1.165) is 42.9 Å².